The first-order valence-corrected chi connectivity index (χ1v) is 9.71. The van der Waals surface area contributed by atoms with E-state index in [-0.39, 0.29) is 24.0 Å². The quantitative estimate of drug-likeness (QED) is 0.334. The first-order valence-electron chi connectivity index (χ1n) is 9.71. The van der Waals surface area contributed by atoms with Gasteiger partial charge in [0.2, 0.25) is 0 Å². The molecule has 0 atom stereocenters. The van der Waals surface area contributed by atoms with Gasteiger partial charge in [-0.3, -0.25) is 9.67 Å². The largest absolute Gasteiger partial charge is 0.370 e. The van der Waals surface area contributed by atoms with E-state index < -0.39 is 0 Å². The van der Waals surface area contributed by atoms with Gasteiger partial charge in [0.15, 0.2) is 5.96 Å². The third kappa shape index (κ3) is 6.68. The molecular weight excluding hydrogens is 463 g/mol. The van der Waals surface area contributed by atoms with Crippen molar-refractivity contribution in [2.45, 2.75) is 34.1 Å². The lowest BCUT2D eigenvalue weighted by molar-refractivity contribution is 0.728. The normalized spacial score (nSPS) is 11.1. The van der Waals surface area contributed by atoms with Gasteiger partial charge in [0.05, 0.1) is 5.69 Å². The average Bonchev–Trinajstić information content (AvgIpc) is 2.89. The Hall–Kier alpha value is -1.77. The van der Waals surface area contributed by atoms with Crippen LogP contribution in [0.15, 0.2) is 29.3 Å². The van der Waals surface area contributed by atoms with Crippen LogP contribution in [-0.2, 0) is 13.5 Å². The van der Waals surface area contributed by atoms with Gasteiger partial charge in [-0.15, -0.1) is 24.0 Å². The van der Waals surface area contributed by atoms with Crippen LogP contribution in [0.25, 0.3) is 0 Å². The number of nitrogens with one attached hydrogen (secondary N) is 2. The predicted molar refractivity (Wildman–Crippen MR) is 130 cm³/mol. The third-order valence-corrected chi connectivity index (χ3v) is 4.97. The van der Waals surface area contributed by atoms with Crippen LogP contribution in [0.2, 0.25) is 0 Å². The molecule has 7 heteroatoms. The maximum atomic E-state index is 4.48. The number of aryl methyl sites for hydroxylation is 3. The smallest absolute Gasteiger partial charge is 0.191 e. The fraction of sp³-hybridized carbons (Fsp3) is 0.524. The van der Waals surface area contributed by atoms with E-state index in [1.165, 1.54) is 22.5 Å². The predicted octanol–water partition coefficient (Wildman–Crippen LogP) is 3.20. The highest BCUT2D eigenvalue weighted by Gasteiger charge is 2.09. The highest BCUT2D eigenvalue weighted by Crippen LogP contribution is 2.15. The molecule has 0 fully saturated rings. The Morgan fingerprint density at radius 3 is 2.46 bits per heavy atom. The second-order valence-corrected chi connectivity index (χ2v) is 6.87. The van der Waals surface area contributed by atoms with Crippen LogP contribution in [0, 0.1) is 20.8 Å². The molecule has 2 N–H and O–H groups in total. The third-order valence-electron chi connectivity index (χ3n) is 4.97. The van der Waals surface area contributed by atoms with Crippen LogP contribution in [0.3, 0.4) is 0 Å². The van der Waals surface area contributed by atoms with E-state index in [1.807, 2.05) is 18.8 Å². The van der Waals surface area contributed by atoms with Gasteiger partial charge in [-0.05, 0) is 57.4 Å². The molecule has 0 amide bonds. The van der Waals surface area contributed by atoms with Gasteiger partial charge >= 0.3 is 0 Å². The summed E-state index contributed by atoms with van der Waals surface area (Å²) in [6.45, 7) is 12.1. The number of hydrogen-bond acceptors (Lipinski definition) is 3. The zero-order valence-corrected chi connectivity index (χ0v) is 20.4. The Labute approximate surface area is 186 Å². The maximum absolute atomic E-state index is 4.48. The van der Waals surface area contributed by atoms with E-state index in [4.69, 9.17) is 0 Å². The van der Waals surface area contributed by atoms with Crippen LogP contribution in [0.1, 0.15) is 29.4 Å². The summed E-state index contributed by atoms with van der Waals surface area (Å²) in [4.78, 5) is 6.70. The molecule has 0 aliphatic heterocycles. The first kappa shape index (κ1) is 24.3. The van der Waals surface area contributed by atoms with E-state index in [0.717, 1.165) is 44.3 Å². The van der Waals surface area contributed by atoms with Gasteiger partial charge in [0.25, 0.3) is 0 Å². The number of aromatic nitrogens is 2. The van der Waals surface area contributed by atoms with E-state index in [2.05, 4.69) is 77.6 Å². The second-order valence-electron chi connectivity index (χ2n) is 6.87. The standard InChI is InChI=1S/C21H34N6.HI/c1-7-27(19-10-8-9-16(2)15-19)14-13-24-21(22-5)23-12-11-20-17(3)25-26(6)18(20)4;/h8-10,15H,7,11-14H2,1-6H3,(H2,22,23,24);1H. The summed E-state index contributed by atoms with van der Waals surface area (Å²) in [7, 11) is 3.81. The summed E-state index contributed by atoms with van der Waals surface area (Å²) in [5, 5.41) is 11.3. The summed E-state index contributed by atoms with van der Waals surface area (Å²) in [5.41, 5.74) is 6.21. The molecule has 156 valence electrons. The molecule has 6 nitrogen and oxygen atoms in total. The van der Waals surface area contributed by atoms with Crippen molar-refractivity contribution in [1.29, 1.82) is 0 Å². The Morgan fingerprint density at radius 2 is 1.89 bits per heavy atom. The van der Waals surface area contributed by atoms with Crippen molar-refractivity contribution in [1.82, 2.24) is 20.4 Å². The molecular formula is C21H35IN6. The van der Waals surface area contributed by atoms with Crippen molar-refractivity contribution in [2.24, 2.45) is 12.0 Å². The summed E-state index contributed by atoms with van der Waals surface area (Å²) in [5.74, 6) is 0.842. The number of anilines is 1. The Morgan fingerprint density at radius 1 is 1.18 bits per heavy atom. The van der Waals surface area contributed by atoms with Crippen molar-refractivity contribution in [2.75, 3.05) is 38.1 Å². The first-order chi connectivity index (χ1) is 13.0. The number of aliphatic imine (C=N–C) groups is 1. The second kappa shape index (κ2) is 11.9. The molecule has 2 aromatic rings. The van der Waals surface area contributed by atoms with Gasteiger partial charge in [0, 0.05) is 51.7 Å². The number of hydrogen-bond donors (Lipinski definition) is 2. The van der Waals surface area contributed by atoms with Crippen molar-refractivity contribution in [3.05, 3.63) is 46.8 Å². The Kier molecular flexibility index (Phi) is 10.3. The van der Waals surface area contributed by atoms with Crippen molar-refractivity contribution < 1.29 is 0 Å². The molecule has 1 aromatic heterocycles. The van der Waals surface area contributed by atoms with Gasteiger partial charge in [-0.2, -0.15) is 5.10 Å². The van der Waals surface area contributed by atoms with Crippen LogP contribution in [0.4, 0.5) is 5.69 Å². The van der Waals surface area contributed by atoms with Gasteiger partial charge in [0.1, 0.15) is 0 Å². The van der Waals surface area contributed by atoms with Gasteiger partial charge < -0.3 is 15.5 Å². The number of nitrogens with zero attached hydrogens (tertiary/aromatic N) is 4. The average molecular weight is 498 g/mol. The minimum Gasteiger partial charge on any atom is -0.370 e. The van der Waals surface area contributed by atoms with Gasteiger partial charge in [-0.1, -0.05) is 12.1 Å². The lowest BCUT2D eigenvalue weighted by atomic mass is 10.1. The SMILES string of the molecule is CCN(CCNC(=NC)NCCc1c(C)nn(C)c1C)c1cccc(C)c1.I. The molecule has 28 heavy (non-hydrogen) atoms. The molecule has 0 aliphatic rings. The van der Waals surface area contributed by atoms with Crippen LogP contribution in [0.5, 0.6) is 0 Å². The molecule has 0 spiro atoms. The number of rotatable bonds is 8. The summed E-state index contributed by atoms with van der Waals surface area (Å²) in [6.07, 6.45) is 0.941. The number of likely N-dealkylation sites (N-methyl/N-ethyl adjacent to an activating group) is 1. The lowest BCUT2D eigenvalue weighted by Gasteiger charge is -2.24. The molecule has 0 radical (unpaired) electrons. The zero-order valence-electron chi connectivity index (χ0n) is 18.0. The molecule has 0 bridgehead atoms. The molecule has 1 aromatic carbocycles. The highest BCUT2D eigenvalue weighted by molar-refractivity contribution is 14.0. The van der Waals surface area contributed by atoms with Crippen LogP contribution < -0.4 is 15.5 Å². The molecule has 2 rings (SSSR count). The van der Waals surface area contributed by atoms with Crippen LogP contribution >= 0.6 is 24.0 Å². The van der Waals surface area contributed by atoms with Crippen molar-refractivity contribution in [3.63, 3.8) is 0 Å². The molecule has 0 saturated carbocycles. The molecule has 0 saturated heterocycles. The Balaban J connectivity index is 0.00000392. The van der Waals surface area contributed by atoms with Crippen LogP contribution in [-0.4, -0.2) is 49.0 Å². The monoisotopic (exact) mass is 498 g/mol. The highest BCUT2D eigenvalue weighted by atomic mass is 127. The summed E-state index contributed by atoms with van der Waals surface area (Å²) < 4.78 is 1.95. The van der Waals surface area contributed by atoms with E-state index >= 15 is 0 Å². The number of benzene rings is 1. The number of guanidine groups is 1. The Bertz CT molecular complexity index is 768. The minimum atomic E-state index is 0. The fourth-order valence-corrected chi connectivity index (χ4v) is 3.31. The molecule has 0 unspecified atom stereocenters. The van der Waals surface area contributed by atoms with Crippen molar-refractivity contribution in [3.8, 4) is 0 Å². The lowest BCUT2D eigenvalue weighted by Crippen LogP contribution is -2.42. The zero-order chi connectivity index (χ0) is 19.8. The molecule has 1 heterocycles. The summed E-state index contributed by atoms with van der Waals surface area (Å²) >= 11 is 0. The maximum Gasteiger partial charge on any atom is 0.191 e. The summed E-state index contributed by atoms with van der Waals surface area (Å²) in [6, 6.07) is 8.65. The van der Waals surface area contributed by atoms with Crippen molar-refractivity contribution >= 4 is 35.6 Å². The number of halogens is 1. The van der Waals surface area contributed by atoms with E-state index in [0.29, 0.717) is 0 Å². The van der Waals surface area contributed by atoms with E-state index in [1.54, 1.807) is 0 Å². The van der Waals surface area contributed by atoms with E-state index in [9.17, 15) is 0 Å². The fourth-order valence-electron chi connectivity index (χ4n) is 3.31. The topological polar surface area (TPSA) is 57.5 Å². The minimum absolute atomic E-state index is 0. The molecule has 0 aliphatic carbocycles. The van der Waals surface area contributed by atoms with Gasteiger partial charge in [-0.25, -0.2) is 0 Å².